The molecule has 1 nitrogen and oxygen atoms in total. The Kier molecular flexibility index (Phi) is 5.78. The lowest BCUT2D eigenvalue weighted by Gasteiger charge is -2.12. The normalized spacial score (nSPS) is 12.8. The molecule has 0 aromatic heterocycles. The van der Waals surface area contributed by atoms with Crippen LogP contribution in [0.4, 0.5) is 4.39 Å². The minimum atomic E-state index is -0.321. The summed E-state index contributed by atoms with van der Waals surface area (Å²) in [5, 5.41) is 3.58. The molecule has 3 heteroatoms. The fourth-order valence-electron chi connectivity index (χ4n) is 1.64. The lowest BCUT2D eigenvalue weighted by molar-refractivity contribution is 0.488. The molecule has 16 heavy (non-hydrogen) atoms. The van der Waals surface area contributed by atoms with Gasteiger partial charge in [-0.2, -0.15) is 0 Å². The second-order valence-corrected chi connectivity index (χ2v) is 4.54. The van der Waals surface area contributed by atoms with Crippen molar-refractivity contribution in [2.75, 3.05) is 13.1 Å². The van der Waals surface area contributed by atoms with Gasteiger partial charge in [-0.15, -0.1) is 0 Å². The molecule has 0 fully saturated rings. The molecule has 1 aromatic rings. The van der Waals surface area contributed by atoms with Crippen molar-refractivity contribution in [1.82, 2.24) is 5.32 Å². The smallest absolute Gasteiger partial charge is 0.142 e. The third kappa shape index (κ3) is 4.11. The van der Waals surface area contributed by atoms with Crippen LogP contribution in [0.3, 0.4) is 0 Å². The summed E-state index contributed by atoms with van der Waals surface area (Å²) < 4.78 is 13.2. The first-order chi connectivity index (χ1) is 7.65. The van der Waals surface area contributed by atoms with E-state index in [1.165, 1.54) is 6.07 Å². The van der Waals surface area contributed by atoms with Crippen molar-refractivity contribution >= 4 is 11.6 Å². The van der Waals surface area contributed by atoms with Crippen molar-refractivity contribution in [3.8, 4) is 0 Å². The zero-order valence-electron chi connectivity index (χ0n) is 9.89. The number of halogens is 2. The third-order valence-electron chi connectivity index (χ3n) is 2.68. The first kappa shape index (κ1) is 13.5. The Bertz CT molecular complexity index is 328. The Labute approximate surface area is 102 Å². The molecule has 1 atom stereocenters. The van der Waals surface area contributed by atoms with Crippen LogP contribution in [0, 0.1) is 11.7 Å². The minimum Gasteiger partial charge on any atom is -0.317 e. The fourth-order valence-corrected chi connectivity index (χ4v) is 1.86. The summed E-state index contributed by atoms with van der Waals surface area (Å²) in [7, 11) is 0. The number of aryl methyl sites for hydroxylation is 1. The number of benzene rings is 1. The van der Waals surface area contributed by atoms with Crippen molar-refractivity contribution in [3.05, 3.63) is 34.6 Å². The second-order valence-electron chi connectivity index (χ2n) is 4.16. The molecule has 0 amide bonds. The van der Waals surface area contributed by atoms with Crippen molar-refractivity contribution in [2.45, 2.75) is 26.7 Å². The third-order valence-corrected chi connectivity index (χ3v) is 3.10. The fraction of sp³-hybridized carbons (Fsp3) is 0.538. The molecule has 0 heterocycles. The van der Waals surface area contributed by atoms with Gasteiger partial charge in [-0.25, -0.2) is 4.39 Å². The molecular weight excluding hydrogens is 225 g/mol. The highest BCUT2D eigenvalue weighted by Crippen LogP contribution is 2.21. The molecule has 0 radical (unpaired) electrons. The lowest BCUT2D eigenvalue weighted by atomic mass is 10.0. The van der Waals surface area contributed by atoms with E-state index in [1.54, 1.807) is 6.07 Å². The molecule has 1 N–H and O–H groups in total. The van der Waals surface area contributed by atoms with Crippen molar-refractivity contribution < 1.29 is 4.39 Å². The van der Waals surface area contributed by atoms with Crippen LogP contribution in [-0.2, 0) is 6.42 Å². The van der Waals surface area contributed by atoms with Crippen LogP contribution < -0.4 is 5.32 Å². The molecule has 1 rings (SSSR count). The van der Waals surface area contributed by atoms with E-state index in [4.69, 9.17) is 11.6 Å². The second kappa shape index (κ2) is 6.87. The van der Waals surface area contributed by atoms with Crippen LogP contribution in [0.5, 0.6) is 0 Å². The van der Waals surface area contributed by atoms with Crippen LogP contribution in [0.25, 0.3) is 0 Å². The van der Waals surface area contributed by atoms with E-state index < -0.39 is 0 Å². The highest BCUT2D eigenvalue weighted by molar-refractivity contribution is 6.31. The first-order valence-electron chi connectivity index (χ1n) is 5.78. The van der Waals surface area contributed by atoms with E-state index in [0.717, 1.165) is 31.5 Å². The van der Waals surface area contributed by atoms with Crippen molar-refractivity contribution in [3.63, 3.8) is 0 Å². The monoisotopic (exact) mass is 243 g/mol. The van der Waals surface area contributed by atoms with E-state index in [0.29, 0.717) is 5.92 Å². The Morgan fingerprint density at radius 3 is 2.88 bits per heavy atom. The maximum atomic E-state index is 13.2. The van der Waals surface area contributed by atoms with E-state index in [1.807, 2.05) is 6.07 Å². The van der Waals surface area contributed by atoms with E-state index in [9.17, 15) is 4.39 Å². The van der Waals surface area contributed by atoms with Crippen LogP contribution in [-0.4, -0.2) is 13.1 Å². The Morgan fingerprint density at radius 1 is 1.44 bits per heavy atom. The van der Waals surface area contributed by atoms with Crippen LogP contribution >= 0.6 is 11.6 Å². The van der Waals surface area contributed by atoms with E-state index in [2.05, 4.69) is 19.2 Å². The maximum absolute atomic E-state index is 13.2. The van der Waals surface area contributed by atoms with Gasteiger partial charge in [0.1, 0.15) is 5.82 Å². The minimum absolute atomic E-state index is 0.276. The molecule has 0 spiro atoms. The van der Waals surface area contributed by atoms with Gasteiger partial charge in [0.05, 0.1) is 5.02 Å². The van der Waals surface area contributed by atoms with Crippen molar-refractivity contribution in [1.29, 1.82) is 0 Å². The van der Waals surface area contributed by atoms with Gasteiger partial charge in [-0.05, 0) is 43.5 Å². The molecule has 1 aromatic carbocycles. The molecule has 0 bridgehead atoms. The Morgan fingerprint density at radius 2 is 2.19 bits per heavy atom. The van der Waals surface area contributed by atoms with Crippen molar-refractivity contribution in [2.24, 2.45) is 5.92 Å². The predicted molar refractivity (Wildman–Crippen MR) is 67.4 cm³/mol. The highest BCUT2D eigenvalue weighted by Gasteiger charge is 2.07. The molecule has 0 saturated carbocycles. The summed E-state index contributed by atoms with van der Waals surface area (Å²) in [5.74, 6) is 0.262. The predicted octanol–water partition coefficient (Wildman–Crippen LogP) is 3.66. The number of rotatable bonds is 6. The maximum Gasteiger partial charge on any atom is 0.142 e. The molecule has 0 aliphatic rings. The summed E-state index contributed by atoms with van der Waals surface area (Å²) in [6, 6.07) is 5.00. The van der Waals surface area contributed by atoms with Gasteiger partial charge in [-0.3, -0.25) is 0 Å². The summed E-state index contributed by atoms with van der Waals surface area (Å²) in [4.78, 5) is 0. The average Bonchev–Trinajstić information content (AvgIpc) is 2.28. The zero-order chi connectivity index (χ0) is 12.0. The Balaban J connectivity index is 2.45. The standard InChI is InChI=1S/C13H19ClFN/c1-3-16-9-10(2)7-8-11-5-4-6-12(15)13(11)14/h4-6,10,16H,3,7-9H2,1-2H3. The van der Waals surface area contributed by atoms with Gasteiger partial charge >= 0.3 is 0 Å². The summed E-state index contributed by atoms with van der Waals surface area (Å²) >= 11 is 5.89. The number of hydrogen-bond donors (Lipinski definition) is 1. The Hall–Kier alpha value is -0.600. The quantitative estimate of drug-likeness (QED) is 0.804. The number of nitrogens with one attached hydrogen (secondary N) is 1. The molecule has 0 aliphatic carbocycles. The molecule has 90 valence electrons. The summed E-state index contributed by atoms with van der Waals surface area (Å²) in [5.41, 5.74) is 0.907. The topological polar surface area (TPSA) is 12.0 Å². The van der Waals surface area contributed by atoms with Gasteiger partial charge in [0.2, 0.25) is 0 Å². The summed E-state index contributed by atoms with van der Waals surface area (Å²) in [6.45, 7) is 6.28. The number of hydrogen-bond acceptors (Lipinski definition) is 1. The van der Waals surface area contributed by atoms with Gasteiger partial charge in [0, 0.05) is 0 Å². The van der Waals surface area contributed by atoms with Gasteiger partial charge < -0.3 is 5.32 Å². The molecule has 0 saturated heterocycles. The van der Waals surface area contributed by atoms with Gasteiger partial charge in [0.25, 0.3) is 0 Å². The molecule has 0 aliphatic heterocycles. The van der Waals surface area contributed by atoms with Gasteiger partial charge in [-0.1, -0.05) is 37.6 Å². The molecular formula is C13H19ClFN. The zero-order valence-corrected chi connectivity index (χ0v) is 10.6. The van der Waals surface area contributed by atoms with Crippen LogP contribution in [0.15, 0.2) is 18.2 Å². The van der Waals surface area contributed by atoms with Gasteiger partial charge in [0.15, 0.2) is 0 Å². The summed E-state index contributed by atoms with van der Waals surface area (Å²) in [6.07, 6.45) is 1.86. The first-order valence-corrected chi connectivity index (χ1v) is 6.16. The highest BCUT2D eigenvalue weighted by atomic mass is 35.5. The van der Waals surface area contributed by atoms with Crippen LogP contribution in [0.1, 0.15) is 25.8 Å². The largest absolute Gasteiger partial charge is 0.317 e. The SMILES string of the molecule is CCNCC(C)CCc1cccc(F)c1Cl. The lowest BCUT2D eigenvalue weighted by Crippen LogP contribution is -2.20. The molecule has 1 unspecified atom stereocenters. The average molecular weight is 244 g/mol. The van der Waals surface area contributed by atoms with E-state index in [-0.39, 0.29) is 10.8 Å². The van der Waals surface area contributed by atoms with Crippen LogP contribution in [0.2, 0.25) is 5.02 Å². The van der Waals surface area contributed by atoms with E-state index >= 15 is 0 Å².